The van der Waals surface area contributed by atoms with Crippen molar-refractivity contribution in [2.45, 2.75) is 19.0 Å². The van der Waals surface area contributed by atoms with Crippen LogP contribution < -0.4 is 5.32 Å². The highest BCUT2D eigenvalue weighted by Crippen LogP contribution is 2.07. The Kier molecular flexibility index (Phi) is 4.39. The molecule has 1 heterocycles. The maximum Gasteiger partial charge on any atom is 0.326 e. The van der Waals surface area contributed by atoms with Crippen LogP contribution in [0.3, 0.4) is 0 Å². The number of hydrogen-bond acceptors (Lipinski definition) is 4. The molecule has 1 unspecified atom stereocenters. The topological polar surface area (TPSA) is 71.5 Å². The van der Waals surface area contributed by atoms with Crippen molar-refractivity contribution in [3.63, 3.8) is 0 Å². The molecule has 0 aliphatic carbocycles. The van der Waals surface area contributed by atoms with Gasteiger partial charge in [0.05, 0.1) is 6.61 Å². The third-order valence-electron chi connectivity index (χ3n) is 2.34. The van der Waals surface area contributed by atoms with Gasteiger partial charge >= 0.3 is 5.97 Å². The lowest BCUT2D eigenvalue weighted by Crippen LogP contribution is -2.52. The predicted octanol–water partition coefficient (Wildman–Crippen LogP) is 0.661. The molecule has 1 atom stereocenters. The van der Waals surface area contributed by atoms with Gasteiger partial charge in [0, 0.05) is 26.0 Å². The predicted molar refractivity (Wildman–Crippen MR) is 59.0 cm³/mol. The minimum atomic E-state index is -1.07. The van der Waals surface area contributed by atoms with Gasteiger partial charge in [-0.05, 0) is 24.6 Å². The number of nitrogens with zero attached hydrogens (tertiary/aromatic N) is 1. The Bertz CT molecular complexity index is 342. The molecule has 0 aliphatic rings. The van der Waals surface area contributed by atoms with E-state index in [1.54, 1.807) is 19.3 Å². The molecule has 16 heavy (non-hydrogen) atoms. The van der Waals surface area contributed by atoms with Gasteiger partial charge in [0.1, 0.15) is 5.54 Å². The van der Waals surface area contributed by atoms with E-state index >= 15 is 0 Å². The molecule has 0 spiro atoms. The Morgan fingerprint density at radius 3 is 2.69 bits per heavy atom. The first-order valence-corrected chi connectivity index (χ1v) is 4.95. The number of ether oxygens (including phenoxy) is 1. The zero-order chi connectivity index (χ0) is 12.0. The van der Waals surface area contributed by atoms with Crippen molar-refractivity contribution >= 4 is 5.97 Å². The third-order valence-corrected chi connectivity index (χ3v) is 2.34. The Balaban J connectivity index is 2.60. The van der Waals surface area contributed by atoms with Crippen LogP contribution in [-0.4, -0.2) is 35.3 Å². The number of carbonyl (C=O) groups is 1. The van der Waals surface area contributed by atoms with Gasteiger partial charge in [-0.1, -0.05) is 0 Å². The van der Waals surface area contributed by atoms with E-state index in [0.29, 0.717) is 6.54 Å². The molecule has 1 rings (SSSR count). The fourth-order valence-electron chi connectivity index (χ4n) is 1.27. The molecule has 5 heteroatoms. The smallest absolute Gasteiger partial charge is 0.326 e. The number of aromatic nitrogens is 1. The molecule has 1 aromatic heterocycles. The lowest BCUT2D eigenvalue weighted by molar-refractivity contribution is -0.146. The van der Waals surface area contributed by atoms with Crippen LogP contribution in [0.2, 0.25) is 0 Å². The Labute approximate surface area is 94.5 Å². The van der Waals surface area contributed by atoms with E-state index in [4.69, 9.17) is 9.84 Å². The molecule has 1 aromatic rings. The molecule has 0 bridgehead atoms. The van der Waals surface area contributed by atoms with Gasteiger partial charge in [-0.15, -0.1) is 0 Å². The highest BCUT2D eigenvalue weighted by atomic mass is 16.5. The molecule has 0 aromatic carbocycles. The van der Waals surface area contributed by atoms with Crippen LogP contribution in [0.15, 0.2) is 24.5 Å². The van der Waals surface area contributed by atoms with Crippen LogP contribution in [0.1, 0.15) is 12.5 Å². The second-order valence-electron chi connectivity index (χ2n) is 3.78. The summed E-state index contributed by atoms with van der Waals surface area (Å²) in [5.41, 5.74) is -0.0866. The van der Waals surface area contributed by atoms with Crippen LogP contribution in [0, 0.1) is 0 Å². The molecule has 0 fully saturated rings. The SMILES string of the molecule is COCC(C)(NCc1ccncc1)C(=O)O. The fraction of sp³-hybridized carbons (Fsp3) is 0.455. The molecule has 0 amide bonds. The van der Waals surface area contributed by atoms with E-state index in [0.717, 1.165) is 5.56 Å². The van der Waals surface area contributed by atoms with Crippen LogP contribution in [-0.2, 0) is 16.1 Å². The summed E-state index contributed by atoms with van der Waals surface area (Å²) in [7, 11) is 1.48. The van der Waals surface area contributed by atoms with E-state index in [1.807, 2.05) is 12.1 Å². The standard InChI is InChI=1S/C11H16N2O3/c1-11(8-16-2,10(14)15)13-7-9-3-5-12-6-4-9/h3-6,13H,7-8H2,1-2H3,(H,14,15). The van der Waals surface area contributed by atoms with Crippen molar-refractivity contribution in [3.8, 4) is 0 Å². The van der Waals surface area contributed by atoms with Crippen LogP contribution in [0.5, 0.6) is 0 Å². The number of aliphatic carboxylic acids is 1. The average Bonchev–Trinajstić information content (AvgIpc) is 2.28. The first-order valence-electron chi connectivity index (χ1n) is 4.95. The summed E-state index contributed by atoms with van der Waals surface area (Å²) in [6.07, 6.45) is 3.34. The highest BCUT2D eigenvalue weighted by Gasteiger charge is 2.32. The zero-order valence-electron chi connectivity index (χ0n) is 9.43. The Hall–Kier alpha value is -1.46. The van der Waals surface area contributed by atoms with E-state index in [9.17, 15) is 4.79 Å². The van der Waals surface area contributed by atoms with Gasteiger partial charge in [0.15, 0.2) is 0 Å². The van der Waals surface area contributed by atoms with Crippen molar-refractivity contribution < 1.29 is 14.6 Å². The summed E-state index contributed by atoms with van der Waals surface area (Å²) < 4.78 is 4.90. The maximum atomic E-state index is 11.1. The largest absolute Gasteiger partial charge is 0.480 e. The third kappa shape index (κ3) is 3.29. The lowest BCUT2D eigenvalue weighted by Gasteiger charge is -2.25. The summed E-state index contributed by atoms with van der Waals surface area (Å²) in [6.45, 7) is 2.18. The molecule has 5 nitrogen and oxygen atoms in total. The number of carboxylic acid groups (broad SMARTS) is 1. The Morgan fingerprint density at radius 2 is 2.19 bits per heavy atom. The normalized spacial score (nSPS) is 14.4. The van der Waals surface area contributed by atoms with Gasteiger partial charge in [0.2, 0.25) is 0 Å². The number of pyridine rings is 1. The first kappa shape index (κ1) is 12.6. The minimum absolute atomic E-state index is 0.118. The van der Waals surface area contributed by atoms with Crippen molar-refractivity contribution in [3.05, 3.63) is 30.1 Å². The highest BCUT2D eigenvalue weighted by molar-refractivity contribution is 5.78. The van der Waals surface area contributed by atoms with Crippen LogP contribution >= 0.6 is 0 Å². The van der Waals surface area contributed by atoms with Gasteiger partial charge in [-0.3, -0.25) is 15.1 Å². The summed E-state index contributed by atoms with van der Waals surface area (Å²) >= 11 is 0. The van der Waals surface area contributed by atoms with Crippen LogP contribution in [0.4, 0.5) is 0 Å². The maximum absolute atomic E-state index is 11.1. The average molecular weight is 224 g/mol. The fourth-order valence-corrected chi connectivity index (χ4v) is 1.27. The van der Waals surface area contributed by atoms with E-state index in [-0.39, 0.29) is 6.61 Å². The van der Waals surface area contributed by atoms with Crippen molar-refractivity contribution in [1.29, 1.82) is 0 Å². The quantitative estimate of drug-likeness (QED) is 0.742. The van der Waals surface area contributed by atoms with E-state index < -0.39 is 11.5 Å². The number of nitrogens with one attached hydrogen (secondary N) is 1. The monoisotopic (exact) mass is 224 g/mol. The van der Waals surface area contributed by atoms with Gasteiger partial charge in [0.25, 0.3) is 0 Å². The molecule has 2 N–H and O–H groups in total. The summed E-state index contributed by atoms with van der Waals surface area (Å²) in [6, 6.07) is 3.67. The molecule has 0 saturated carbocycles. The molecule has 88 valence electrons. The summed E-state index contributed by atoms with van der Waals surface area (Å²) in [4.78, 5) is 15.0. The van der Waals surface area contributed by atoms with Crippen LogP contribution in [0.25, 0.3) is 0 Å². The van der Waals surface area contributed by atoms with E-state index in [2.05, 4.69) is 10.3 Å². The van der Waals surface area contributed by atoms with Crippen molar-refractivity contribution in [2.24, 2.45) is 0 Å². The molecule has 0 radical (unpaired) electrons. The zero-order valence-corrected chi connectivity index (χ0v) is 9.43. The van der Waals surface area contributed by atoms with Crippen molar-refractivity contribution in [1.82, 2.24) is 10.3 Å². The summed E-state index contributed by atoms with van der Waals surface area (Å²) in [5.74, 6) is -0.927. The number of hydrogen-bond donors (Lipinski definition) is 2. The summed E-state index contributed by atoms with van der Waals surface area (Å²) in [5, 5.41) is 12.0. The molecular weight excluding hydrogens is 208 g/mol. The minimum Gasteiger partial charge on any atom is -0.480 e. The lowest BCUT2D eigenvalue weighted by atomic mass is 10.0. The number of carboxylic acids is 1. The second-order valence-corrected chi connectivity index (χ2v) is 3.78. The van der Waals surface area contributed by atoms with Gasteiger partial charge in [-0.25, -0.2) is 0 Å². The van der Waals surface area contributed by atoms with Crippen molar-refractivity contribution in [2.75, 3.05) is 13.7 Å². The molecular formula is C11H16N2O3. The molecule has 0 saturated heterocycles. The van der Waals surface area contributed by atoms with Gasteiger partial charge < -0.3 is 9.84 Å². The molecule has 0 aliphatic heterocycles. The number of methoxy groups -OCH3 is 1. The second kappa shape index (κ2) is 5.58. The van der Waals surface area contributed by atoms with Gasteiger partial charge in [-0.2, -0.15) is 0 Å². The number of rotatable bonds is 6. The Morgan fingerprint density at radius 1 is 1.56 bits per heavy atom. The van der Waals surface area contributed by atoms with E-state index in [1.165, 1.54) is 7.11 Å². The first-order chi connectivity index (χ1) is 7.58.